The Balaban J connectivity index is 3.10. The number of nitrogens with one attached hydrogen (secondary N) is 1. The fourth-order valence-corrected chi connectivity index (χ4v) is 1.88. The number of ether oxygens (including phenoxy) is 2. The van der Waals surface area contributed by atoms with Gasteiger partial charge in [-0.05, 0) is 31.4 Å². The third-order valence-electron chi connectivity index (χ3n) is 2.32. The van der Waals surface area contributed by atoms with Crippen LogP contribution in [0.4, 0.5) is 4.79 Å². The maximum absolute atomic E-state index is 11.2. The minimum absolute atomic E-state index is 0.000918. The second-order valence-corrected chi connectivity index (χ2v) is 4.38. The van der Waals surface area contributed by atoms with E-state index in [9.17, 15) is 9.90 Å². The SMILES string of the molecule is CCOc1cc(C(=N)/C(=N/C(=O)OC)SC)ccc1O. The summed E-state index contributed by atoms with van der Waals surface area (Å²) in [6, 6.07) is 4.53. The van der Waals surface area contributed by atoms with Crippen LogP contribution in [0.2, 0.25) is 0 Å². The topological polar surface area (TPSA) is 92.0 Å². The van der Waals surface area contributed by atoms with E-state index < -0.39 is 6.09 Å². The molecule has 20 heavy (non-hydrogen) atoms. The van der Waals surface area contributed by atoms with Gasteiger partial charge in [0.15, 0.2) is 11.5 Å². The average Bonchev–Trinajstić information content (AvgIpc) is 2.46. The number of carbonyl (C=O) groups is 1. The summed E-state index contributed by atoms with van der Waals surface area (Å²) in [7, 11) is 1.22. The largest absolute Gasteiger partial charge is 0.504 e. The third kappa shape index (κ3) is 3.99. The predicted octanol–water partition coefficient (Wildman–Crippen LogP) is 2.69. The lowest BCUT2D eigenvalue weighted by Gasteiger charge is -2.09. The van der Waals surface area contributed by atoms with E-state index in [1.165, 1.54) is 19.2 Å². The molecule has 0 heterocycles. The normalized spacial score (nSPS) is 11.1. The quantitative estimate of drug-likeness (QED) is 0.658. The van der Waals surface area contributed by atoms with Gasteiger partial charge >= 0.3 is 6.09 Å². The first-order valence-electron chi connectivity index (χ1n) is 5.79. The number of thioether (sulfide) groups is 1. The standard InChI is InChI=1S/C13H16N2O4S/c1-4-19-10-7-8(5-6-9(10)16)11(14)12(20-3)15-13(17)18-2/h5-7,14,16H,4H2,1-3H3/b14-11?,15-12-. The highest BCUT2D eigenvalue weighted by atomic mass is 32.2. The summed E-state index contributed by atoms with van der Waals surface area (Å²) in [4.78, 5) is 14.8. The van der Waals surface area contributed by atoms with Crippen LogP contribution in [0.3, 0.4) is 0 Å². The second kappa shape index (κ2) is 7.54. The van der Waals surface area contributed by atoms with Crippen LogP contribution in [-0.4, -0.2) is 41.9 Å². The van der Waals surface area contributed by atoms with E-state index in [4.69, 9.17) is 10.1 Å². The monoisotopic (exact) mass is 296 g/mol. The van der Waals surface area contributed by atoms with Gasteiger partial charge in [-0.3, -0.25) is 5.41 Å². The number of methoxy groups -OCH3 is 1. The molecular formula is C13H16N2O4S. The van der Waals surface area contributed by atoms with Crippen molar-refractivity contribution in [3.63, 3.8) is 0 Å². The molecule has 1 rings (SSSR count). The zero-order valence-corrected chi connectivity index (χ0v) is 12.3. The Kier molecular flexibility index (Phi) is 6.05. The summed E-state index contributed by atoms with van der Waals surface area (Å²) in [6.45, 7) is 2.19. The van der Waals surface area contributed by atoms with Gasteiger partial charge in [-0.15, -0.1) is 11.8 Å². The van der Waals surface area contributed by atoms with Gasteiger partial charge in [0.1, 0.15) is 5.04 Å². The molecule has 1 amide bonds. The Hall–Kier alpha value is -2.02. The first-order valence-corrected chi connectivity index (χ1v) is 7.01. The Bertz CT molecular complexity index is 543. The molecule has 0 unspecified atom stereocenters. The van der Waals surface area contributed by atoms with Crippen LogP contribution in [0.15, 0.2) is 23.2 Å². The van der Waals surface area contributed by atoms with E-state index in [2.05, 4.69) is 9.73 Å². The predicted molar refractivity (Wildman–Crippen MR) is 79.5 cm³/mol. The molecule has 0 aliphatic rings. The van der Waals surface area contributed by atoms with E-state index in [0.717, 1.165) is 11.8 Å². The van der Waals surface area contributed by atoms with Crippen molar-refractivity contribution in [1.29, 1.82) is 5.41 Å². The number of aromatic hydroxyl groups is 1. The molecule has 0 bridgehead atoms. The minimum atomic E-state index is -0.761. The van der Waals surface area contributed by atoms with Crippen molar-refractivity contribution in [3.05, 3.63) is 23.8 Å². The molecule has 0 saturated carbocycles. The molecular weight excluding hydrogens is 280 g/mol. The van der Waals surface area contributed by atoms with Gasteiger partial charge in [0.05, 0.1) is 19.4 Å². The molecule has 1 aromatic carbocycles. The number of phenols is 1. The molecule has 0 fully saturated rings. The third-order valence-corrected chi connectivity index (χ3v) is 3.01. The summed E-state index contributed by atoms with van der Waals surface area (Å²) >= 11 is 1.16. The summed E-state index contributed by atoms with van der Waals surface area (Å²) in [5.74, 6) is 0.285. The van der Waals surface area contributed by atoms with Crippen LogP contribution in [-0.2, 0) is 4.74 Å². The van der Waals surface area contributed by atoms with E-state index in [0.29, 0.717) is 12.2 Å². The lowest BCUT2D eigenvalue weighted by Crippen LogP contribution is -2.13. The summed E-state index contributed by atoms with van der Waals surface area (Å²) < 4.78 is 9.71. The number of amides is 1. The molecule has 0 spiro atoms. The Morgan fingerprint density at radius 3 is 2.75 bits per heavy atom. The first kappa shape index (κ1) is 16.0. The highest BCUT2D eigenvalue weighted by molar-refractivity contribution is 8.15. The second-order valence-electron chi connectivity index (χ2n) is 3.58. The number of carbonyl (C=O) groups excluding carboxylic acids is 1. The highest BCUT2D eigenvalue weighted by Gasteiger charge is 2.14. The minimum Gasteiger partial charge on any atom is -0.504 e. The van der Waals surface area contributed by atoms with Crippen LogP contribution in [0.1, 0.15) is 12.5 Å². The molecule has 0 radical (unpaired) electrons. The number of aliphatic imine (C=N–C) groups is 1. The average molecular weight is 296 g/mol. The first-order chi connectivity index (χ1) is 9.53. The van der Waals surface area contributed by atoms with Gasteiger partial charge in [0.25, 0.3) is 0 Å². The lowest BCUT2D eigenvalue weighted by atomic mass is 10.1. The number of rotatable bonds is 4. The van der Waals surface area contributed by atoms with Crippen molar-refractivity contribution in [2.75, 3.05) is 20.0 Å². The molecule has 0 aliphatic carbocycles. The van der Waals surface area contributed by atoms with Crippen molar-refractivity contribution >= 4 is 28.6 Å². The molecule has 1 aromatic rings. The Morgan fingerprint density at radius 1 is 1.50 bits per heavy atom. The zero-order chi connectivity index (χ0) is 15.1. The molecule has 108 valence electrons. The van der Waals surface area contributed by atoms with Crippen LogP contribution >= 0.6 is 11.8 Å². The fourth-order valence-electron chi connectivity index (χ4n) is 1.40. The number of hydrogen-bond donors (Lipinski definition) is 2. The smallest absolute Gasteiger partial charge is 0.434 e. The molecule has 0 saturated heterocycles. The Labute approximate surface area is 121 Å². The number of nitrogens with zero attached hydrogens (tertiary/aromatic N) is 1. The summed E-state index contributed by atoms with van der Waals surface area (Å²) in [5, 5.41) is 17.9. The van der Waals surface area contributed by atoms with Crippen molar-refractivity contribution < 1.29 is 19.4 Å². The van der Waals surface area contributed by atoms with Crippen molar-refractivity contribution in [2.45, 2.75) is 6.92 Å². The van der Waals surface area contributed by atoms with Crippen molar-refractivity contribution in [3.8, 4) is 11.5 Å². The van der Waals surface area contributed by atoms with Gasteiger partial charge in [0.2, 0.25) is 0 Å². The molecule has 0 atom stereocenters. The number of phenolic OH excluding ortho intramolecular Hbond substituents is 1. The van der Waals surface area contributed by atoms with Gasteiger partial charge in [-0.2, -0.15) is 4.99 Å². The fraction of sp³-hybridized carbons (Fsp3) is 0.308. The van der Waals surface area contributed by atoms with E-state index >= 15 is 0 Å². The zero-order valence-electron chi connectivity index (χ0n) is 11.5. The van der Waals surface area contributed by atoms with Crippen LogP contribution in [0.5, 0.6) is 11.5 Å². The molecule has 6 nitrogen and oxygen atoms in total. The van der Waals surface area contributed by atoms with Gasteiger partial charge in [-0.25, -0.2) is 4.79 Å². The number of benzene rings is 1. The maximum Gasteiger partial charge on any atom is 0.434 e. The van der Waals surface area contributed by atoms with Crippen molar-refractivity contribution in [2.24, 2.45) is 4.99 Å². The molecule has 0 aromatic heterocycles. The van der Waals surface area contributed by atoms with Gasteiger partial charge in [0, 0.05) is 5.56 Å². The van der Waals surface area contributed by atoms with Crippen LogP contribution < -0.4 is 4.74 Å². The van der Waals surface area contributed by atoms with E-state index in [1.54, 1.807) is 19.2 Å². The van der Waals surface area contributed by atoms with Crippen LogP contribution in [0, 0.1) is 5.41 Å². The van der Waals surface area contributed by atoms with Crippen LogP contribution in [0.25, 0.3) is 0 Å². The highest BCUT2D eigenvalue weighted by Crippen LogP contribution is 2.27. The number of hydrogen-bond acceptors (Lipinski definition) is 6. The van der Waals surface area contributed by atoms with E-state index in [-0.39, 0.29) is 22.3 Å². The van der Waals surface area contributed by atoms with Crippen molar-refractivity contribution in [1.82, 2.24) is 0 Å². The summed E-state index contributed by atoms with van der Waals surface area (Å²) in [6.07, 6.45) is 0.947. The summed E-state index contributed by atoms with van der Waals surface area (Å²) in [5.41, 5.74) is 0.548. The molecule has 0 aliphatic heterocycles. The maximum atomic E-state index is 11.2. The van der Waals surface area contributed by atoms with E-state index in [1.807, 2.05) is 0 Å². The van der Waals surface area contributed by atoms with Gasteiger partial charge in [-0.1, -0.05) is 0 Å². The lowest BCUT2D eigenvalue weighted by molar-refractivity contribution is 0.183. The Morgan fingerprint density at radius 2 is 2.20 bits per heavy atom. The molecule has 2 N–H and O–H groups in total. The molecule has 7 heteroatoms. The van der Waals surface area contributed by atoms with Gasteiger partial charge < -0.3 is 14.6 Å².